The summed E-state index contributed by atoms with van der Waals surface area (Å²) in [6, 6.07) is 3.10. The van der Waals surface area contributed by atoms with Crippen molar-refractivity contribution >= 4 is 27.4 Å². The van der Waals surface area contributed by atoms with Crippen LogP contribution in [0.15, 0.2) is 16.3 Å². The fourth-order valence-electron chi connectivity index (χ4n) is 0.869. The zero-order valence-electron chi connectivity index (χ0n) is 7.97. The summed E-state index contributed by atoms with van der Waals surface area (Å²) >= 11 is 1.09. The molecule has 0 aromatic carbocycles. The van der Waals surface area contributed by atoms with E-state index >= 15 is 0 Å². The normalized spacial score (nSPS) is 11.5. The molecule has 1 heterocycles. The van der Waals surface area contributed by atoms with Crippen molar-refractivity contribution in [2.45, 2.75) is 17.6 Å². The molecule has 0 radical (unpaired) electrons. The molecule has 0 aliphatic carbocycles. The molecule has 0 aliphatic heterocycles. The highest BCUT2D eigenvalue weighted by molar-refractivity contribution is 7.89. The predicted octanol–water partition coefficient (Wildman–Crippen LogP) is 1.10. The van der Waals surface area contributed by atoms with E-state index in [1.807, 2.05) is 6.92 Å². The molecule has 7 heteroatoms. The third kappa shape index (κ3) is 3.29. The highest BCUT2D eigenvalue weighted by Gasteiger charge is 2.18. The lowest BCUT2D eigenvalue weighted by Gasteiger charge is -1.99. The maximum atomic E-state index is 11.4. The number of aryl methyl sites for hydroxylation is 1. The molecule has 1 N–H and O–H groups in total. The first-order valence-electron chi connectivity index (χ1n) is 4.15. The molecule has 0 saturated heterocycles. The smallest absolute Gasteiger partial charge is 0.331 e. The van der Waals surface area contributed by atoms with E-state index in [0.29, 0.717) is 0 Å². The molecule has 0 saturated carbocycles. The Morgan fingerprint density at radius 3 is 2.67 bits per heavy atom. The van der Waals surface area contributed by atoms with Crippen molar-refractivity contribution in [2.24, 2.45) is 0 Å². The fourth-order valence-corrected chi connectivity index (χ4v) is 3.02. The molecule has 0 unspecified atom stereocenters. The number of carboxylic acids is 1. The van der Waals surface area contributed by atoms with E-state index in [9.17, 15) is 13.2 Å². The highest BCUT2D eigenvalue weighted by atomic mass is 32.3. The Morgan fingerprint density at radius 2 is 2.20 bits per heavy atom. The van der Waals surface area contributed by atoms with Gasteiger partial charge in [-0.05, 0) is 18.6 Å². The second-order valence-corrected chi connectivity index (χ2v) is 5.69. The maximum absolute atomic E-state index is 11.4. The van der Waals surface area contributed by atoms with E-state index in [1.54, 1.807) is 6.07 Å². The van der Waals surface area contributed by atoms with Crippen LogP contribution in [0.2, 0.25) is 0 Å². The Hall–Kier alpha value is -0.920. The largest absolute Gasteiger partial charge is 0.479 e. The number of rotatable bonds is 5. The molecule has 0 bridgehead atoms. The van der Waals surface area contributed by atoms with Crippen LogP contribution in [0.3, 0.4) is 0 Å². The van der Waals surface area contributed by atoms with Crippen molar-refractivity contribution in [1.29, 1.82) is 0 Å². The monoisotopic (exact) mass is 250 g/mol. The third-order valence-corrected chi connectivity index (χ3v) is 4.51. The van der Waals surface area contributed by atoms with Gasteiger partial charge in [-0.15, -0.1) is 11.3 Å². The summed E-state index contributed by atoms with van der Waals surface area (Å²) in [6.07, 6.45) is 0.735. The Bertz CT molecular complexity index is 445. The van der Waals surface area contributed by atoms with Gasteiger partial charge in [0.1, 0.15) is 4.21 Å². The molecular weight excluding hydrogens is 240 g/mol. The first-order chi connectivity index (χ1) is 6.95. The zero-order valence-corrected chi connectivity index (χ0v) is 9.60. The molecule has 15 heavy (non-hydrogen) atoms. The summed E-state index contributed by atoms with van der Waals surface area (Å²) in [5.74, 6) is -1.31. The van der Waals surface area contributed by atoms with Gasteiger partial charge in [0.2, 0.25) is 0 Å². The average Bonchev–Trinajstić information content (AvgIpc) is 2.63. The van der Waals surface area contributed by atoms with Gasteiger partial charge in [0, 0.05) is 4.88 Å². The molecule has 1 aromatic heterocycles. The number of thiophene rings is 1. The average molecular weight is 250 g/mol. The first kappa shape index (κ1) is 12.2. The predicted molar refractivity (Wildman–Crippen MR) is 54.5 cm³/mol. The summed E-state index contributed by atoms with van der Waals surface area (Å²) in [5, 5.41) is 8.29. The van der Waals surface area contributed by atoms with Gasteiger partial charge in [-0.1, -0.05) is 6.92 Å². The Labute approximate surface area is 91.4 Å². The SMILES string of the molecule is CCc1ccc(S(=O)(=O)OCC(=O)O)s1. The highest BCUT2D eigenvalue weighted by Crippen LogP contribution is 2.23. The van der Waals surface area contributed by atoms with Crippen LogP contribution in [0.1, 0.15) is 11.8 Å². The topological polar surface area (TPSA) is 80.7 Å². The van der Waals surface area contributed by atoms with Crippen molar-refractivity contribution in [3.63, 3.8) is 0 Å². The molecule has 1 rings (SSSR count). The molecule has 0 atom stereocenters. The van der Waals surface area contributed by atoms with Crippen LogP contribution in [-0.4, -0.2) is 26.1 Å². The van der Waals surface area contributed by atoms with Crippen molar-refractivity contribution < 1.29 is 22.5 Å². The van der Waals surface area contributed by atoms with E-state index in [-0.39, 0.29) is 4.21 Å². The van der Waals surface area contributed by atoms with Gasteiger partial charge in [0.15, 0.2) is 6.61 Å². The number of hydrogen-bond acceptors (Lipinski definition) is 5. The Morgan fingerprint density at radius 1 is 1.53 bits per heavy atom. The van der Waals surface area contributed by atoms with Crippen LogP contribution in [-0.2, 0) is 25.5 Å². The molecule has 0 spiro atoms. The van der Waals surface area contributed by atoms with Gasteiger partial charge < -0.3 is 5.11 Å². The number of aliphatic carboxylic acids is 1. The summed E-state index contributed by atoms with van der Waals surface area (Å²) in [6.45, 7) is 1.06. The summed E-state index contributed by atoms with van der Waals surface area (Å²) in [5.41, 5.74) is 0. The van der Waals surface area contributed by atoms with Gasteiger partial charge in [0.25, 0.3) is 0 Å². The minimum Gasteiger partial charge on any atom is -0.479 e. The van der Waals surface area contributed by atoms with E-state index in [2.05, 4.69) is 4.18 Å². The minimum atomic E-state index is -3.91. The molecule has 0 amide bonds. The van der Waals surface area contributed by atoms with E-state index < -0.39 is 22.7 Å². The quantitative estimate of drug-likeness (QED) is 0.791. The number of hydrogen-bond donors (Lipinski definition) is 1. The second-order valence-electron chi connectivity index (χ2n) is 2.68. The van der Waals surface area contributed by atoms with Crippen molar-refractivity contribution in [1.82, 2.24) is 0 Å². The van der Waals surface area contributed by atoms with E-state index in [1.165, 1.54) is 6.07 Å². The second kappa shape index (κ2) is 4.73. The molecule has 0 fully saturated rings. The maximum Gasteiger partial charge on any atom is 0.331 e. The molecule has 5 nitrogen and oxygen atoms in total. The van der Waals surface area contributed by atoms with Crippen LogP contribution < -0.4 is 0 Å². The summed E-state index contributed by atoms with van der Waals surface area (Å²) in [4.78, 5) is 11.1. The molecule has 0 aliphatic rings. The zero-order chi connectivity index (χ0) is 11.5. The van der Waals surface area contributed by atoms with Crippen molar-refractivity contribution in [3.8, 4) is 0 Å². The van der Waals surface area contributed by atoms with E-state index in [0.717, 1.165) is 22.6 Å². The van der Waals surface area contributed by atoms with Gasteiger partial charge >= 0.3 is 16.1 Å². The van der Waals surface area contributed by atoms with E-state index in [4.69, 9.17) is 5.11 Å². The minimum absolute atomic E-state index is 0.0422. The van der Waals surface area contributed by atoms with Gasteiger partial charge in [-0.2, -0.15) is 8.42 Å². The molecular formula is C8H10O5S2. The van der Waals surface area contributed by atoms with Crippen LogP contribution in [0, 0.1) is 0 Å². The van der Waals surface area contributed by atoms with Crippen molar-refractivity contribution in [3.05, 3.63) is 17.0 Å². The number of carbonyl (C=O) groups is 1. The summed E-state index contributed by atoms with van der Waals surface area (Å²) in [7, 11) is -3.91. The van der Waals surface area contributed by atoms with Gasteiger partial charge in [-0.25, -0.2) is 4.79 Å². The summed E-state index contributed by atoms with van der Waals surface area (Å²) < 4.78 is 27.1. The van der Waals surface area contributed by atoms with Crippen LogP contribution in [0.5, 0.6) is 0 Å². The van der Waals surface area contributed by atoms with Crippen molar-refractivity contribution in [2.75, 3.05) is 6.61 Å². The third-order valence-electron chi connectivity index (χ3n) is 1.57. The Balaban J connectivity index is 2.81. The lowest BCUT2D eigenvalue weighted by atomic mass is 10.4. The first-order valence-corrected chi connectivity index (χ1v) is 6.38. The molecule has 1 aromatic rings. The van der Waals surface area contributed by atoms with Crippen LogP contribution >= 0.6 is 11.3 Å². The van der Waals surface area contributed by atoms with Gasteiger partial charge in [-0.3, -0.25) is 4.18 Å². The fraction of sp³-hybridized carbons (Fsp3) is 0.375. The number of carboxylic acid groups (broad SMARTS) is 1. The van der Waals surface area contributed by atoms with Crippen LogP contribution in [0.25, 0.3) is 0 Å². The van der Waals surface area contributed by atoms with Crippen LogP contribution in [0.4, 0.5) is 0 Å². The standard InChI is InChI=1S/C8H10O5S2/c1-2-6-3-4-8(14-6)15(11,12)13-5-7(9)10/h3-4H,2,5H2,1H3,(H,9,10). The van der Waals surface area contributed by atoms with Gasteiger partial charge in [0.05, 0.1) is 0 Å². The lowest BCUT2D eigenvalue weighted by molar-refractivity contribution is -0.139. The Kier molecular flexibility index (Phi) is 3.83. The lowest BCUT2D eigenvalue weighted by Crippen LogP contribution is -2.12. The molecule has 84 valence electrons.